The van der Waals surface area contributed by atoms with Gasteiger partial charge in [-0.15, -0.1) is 0 Å². The smallest absolute Gasteiger partial charge is 0.166 e. The van der Waals surface area contributed by atoms with Crippen LogP contribution in [0.4, 0.5) is 17.6 Å². The van der Waals surface area contributed by atoms with Crippen LogP contribution in [0.5, 0.6) is 5.75 Å². The van der Waals surface area contributed by atoms with E-state index in [-0.39, 0.29) is 16.7 Å². The molecule has 1 nitrogen and oxygen atoms in total. The Morgan fingerprint density at radius 1 is 0.706 bits per heavy atom. The van der Waals surface area contributed by atoms with Gasteiger partial charge in [0.25, 0.3) is 0 Å². The van der Waals surface area contributed by atoms with E-state index in [1.54, 1.807) is 36.4 Å². The average molecular weight is 462 g/mol. The topological polar surface area (TPSA) is 9.23 Å². The van der Waals surface area contributed by atoms with Crippen LogP contribution >= 0.6 is 0 Å². The van der Waals surface area contributed by atoms with Crippen molar-refractivity contribution in [2.75, 3.05) is 6.61 Å². The second-order valence-corrected chi connectivity index (χ2v) is 7.94. The standard InChI is InChI=1S/C29H22F4O/c1-2-3-4-15-34-23-17-26(31)28(27(32)18-23)21-10-7-19(8-11-21)5-6-20-9-13-24-22(16-20)12-14-25(30)29(24)33/h7-14,16-18H,2-4,15H2,1H3. The van der Waals surface area contributed by atoms with Crippen LogP contribution in [0.2, 0.25) is 0 Å². The maximum absolute atomic E-state index is 14.6. The first kappa shape index (κ1) is 23.4. The lowest BCUT2D eigenvalue weighted by Crippen LogP contribution is -1.99. The van der Waals surface area contributed by atoms with E-state index in [0.717, 1.165) is 25.3 Å². The highest BCUT2D eigenvalue weighted by atomic mass is 19.2. The van der Waals surface area contributed by atoms with Gasteiger partial charge in [0.2, 0.25) is 0 Å². The number of unbranched alkanes of at least 4 members (excludes halogenated alkanes) is 2. The number of fused-ring (bicyclic) bond motifs is 1. The first-order valence-electron chi connectivity index (χ1n) is 11.1. The van der Waals surface area contributed by atoms with Crippen LogP contribution in [0.15, 0.2) is 66.7 Å². The summed E-state index contributed by atoms with van der Waals surface area (Å²) in [6.07, 6.45) is 2.87. The molecule has 0 saturated carbocycles. The van der Waals surface area contributed by atoms with Crippen LogP contribution in [0.25, 0.3) is 21.9 Å². The fraction of sp³-hybridized carbons (Fsp3) is 0.172. The molecule has 0 heterocycles. The zero-order valence-corrected chi connectivity index (χ0v) is 18.6. The Hall–Kier alpha value is -3.78. The average Bonchev–Trinajstić information content (AvgIpc) is 2.83. The molecule has 0 atom stereocenters. The minimum Gasteiger partial charge on any atom is -0.493 e. The summed E-state index contributed by atoms with van der Waals surface area (Å²) in [5.41, 5.74) is 1.55. The first-order chi connectivity index (χ1) is 16.5. The highest BCUT2D eigenvalue weighted by Gasteiger charge is 2.14. The van der Waals surface area contributed by atoms with Gasteiger partial charge in [-0.2, -0.15) is 0 Å². The third kappa shape index (κ3) is 5.23. The number of hydrogen-bond acceptors (Lipinski definition) is 1. The fourth-order valence-electron chi connectivity index (χ4n) is 3.66. The maximum Gasteiger partial charge on any atom is 0.166 e. The minimum absolute atomic E-state index is 0.121. The Labute approximate surface area is 196 Å². The summed E-state index contributed by atoms with van der Waals surface area (Å²) in [7, 11) is 0. The van der Waals surface area contributed by atoms with Crippen molar-refractivity contribution in [1.82, 2.24) is 0 Å². The van der Waals surface area contributed by atoms with Gasteiger partial charge in [0.05, 0.1) is 12.2 Å². The Bertz CT molecular complexity index is 1360. The van der Waals surface area contributed by atoms with Gasteiger partial charge in [0.1, 0.15) is 17.4 Å². The molecule has 4 aromatic rings. The van der Waals surface area contributed by atoms with Crippen LogP contribution in [0, 0.1) is 35.1 Å². The highest BCUT2D eigenvalue weighted by molar-refractivity contribution is 5.84. The summed E-state index contributed by atoms with van der Waals surface area (Å²) in [5.74, 6) is 2.97. The van der Waals surface area contributed by atoms with Crippen molar-refractivity contribution in [1.29, 1.82) is 0 Å². The molecule has 0 unspecified atom stereocenters. The molecular weight excluding hydrogens is 440 g/mol. The molecule has 0 spiro atoms. The van der Waals surface area contributed by atoms with Crippen molar-refractivity contribution >= 4 is 10.8 Å². The first-order valence-corrected chi connectivity index (χ1v) is 11.1. The summed E-state index contributed by atoms with van der Waals surface area (Å²) in [6, 6.07) is 16.3. The second kappa shape index (κ2) is 10.4. The van der Waals surface area contributed by atoms with Crippen molar-refractivity contribution in [2.24, 2.45) is 0 Å². The zero-order chi connectivity index (χ0) is 24.1. The molecule has 0 radical (unpaired) electrons. The lowest BCUT2D eigenvalue weighted by atomic mass is 10.0. The largest absolute Gasteiger partial charge is 0.493 e. The molecule has 0 aliphatic rings. The van der Waals surface area contributed by atoms with Crippen molar-refractivity contribution in [3.8, 4) is 28.7 Å². The van der Waals surface area contributed by atoms with Gasteiger partial charge in [-0.1, -0.05) is 55.9 Å². The molecule has 4 rings (SSSR count). The molecule has 0 saturated heterocycles. The Kier molecular flexibility index (Phi) is 7.18. The Balaban J connectivity index is 1.52. The van der Waals surface area contributed by atoms with E-state index >= 15 is 0 Å². The van der Waals surface area contributed by atoms with Crippen LogP contribution in [0.3, 0.4) is 0 Å². The van der Waals surface area contributed by atoms with E-state index in [1.165, 1.54) is 24.3 Å². The van der Waals surface area contributed by atoms with Crippen molar-refractivity contribution in [3.63, 3.8) is 0 Å². The fourth-order valence-corrected chi connectivity index (χ4v) is 3.66. The molecule has 0 fully saturated rings. The predicted octanol–water partition coefficient (Wildman–Crippen LogP) is 8.03. The van der Waals surface area contributed by atoms with Crippen LogP contribution < -0.4 is 4.74 Å². The van der Waals surface area contributed by atoms with Crippen LogP contribution in [0.1, 0.15) is 37.3 Å². The van der Waals surface area contributed by atoms with E-state index < -0.39 is 23.3 Å². The van der Waals surface area contributed by atoms with Gasteiger partial charge in [-0.05, 0) is 47.7 Å². The van der Waals surface area contributed by atoms with Gasteiger partial charge in [-0.25, -0.2) is 17.6 Å². The predicted molar refractivity (Wildman–Crippen MR) is 127 cm³/mol. The molecule has 0 N–H and O–H groups in total. The second-order valence-electron chi connectivity index (χ2n) is 7.94. The molecule has 0 amide bonds. The molecule has 5 heteroatoms. The summed E-state index contributed by atoms with van der Waals surface area (Å²) in [4.78, 5) is 0. The lowest BCUT2D eigenvalue weighted by molar-refractivity contribution is 0.303. The number of halogens is 4. The lowest BCUT2D eigenvalue weighted by Gasteiger charge is -2.10. The van der Waals surface area contributed by atoms with Gasteiger partial charge < -0.3 is 4.74 Å². The van der Waals surface area contributed by atoms with Crippen LogP contribution in [-0.2, 0) is 0 Å². The van der Waals surface area contributed by atoms with E-state index in [9.17, 15) is 17.6 Å². The molecule has 0 aliphatic heterocycles. The van der Waals surface area contributed by atoms with Crippen molar-refractivity contribution < 1.29 is 22.3 Å². The summed E-state index contributed by atoms with van der Waals surface area (Å²) >= 11 is 0. The quantitative estimate of drug-likeness (QED) is 0.160. The summed E-state index contributed by atoms with van der Waals surface area (Å²) in [5, 5.41) is 0.737. The van der Waals surface area contributed by atoms with E-state index in [0.29, 0.717) is 28.7 Å². The van der Waals surface area contributed by atoms with E-state index in [4.69, 9.17) is 4.74 Å². The number of rotatable bonds is 6. The molecule has 0 aliphatic carbocycles. The molecular formula is C29H22F4O. The zero-order valence-electron chi connectivity index (χ0n) is 18.6. The number of hydrogen-bond donors (Lipinski definition) is 0. The molecule has 34 heavy (non-hydrogen) atoms. The van der Waals surface area contributed by atoms with Gasteiger partial charge in [-0.3, -0.25) is 0 Å². The normalized spacial score (nSPS) is 10.7. The molecule has 172 valence electrons. The molecule has 0 aromatic heterocycles. The Morgan fingerprint density at radius 3 is 2.09 bits per heavy atom. The molecule has 0 bridgehead atoms. The minimum atomic E-state index is -0.895. The van der Waals surface area contributed by atoms with Crippen LogP contribution in [-0.4, -0.2) is 6.61 Å². The SMILES string of the molecule is CCCCCOc1cc(F)c(-c2ccc(C#Cc3ccc4c(F)c(F)ccc4c3)cc2)c(F)c1. The summed E-state index contributed by atoms with van der Waals surface area (Å²) in [6.45, 7) is 2.49. The highest BCUT2D eigenvalue weighted by Crippen LogP contribution is 2.30. The van der Waals surface area contributed by atoms with Gasteiger partial charge in [0.15, 0.2) is 11.6 Å². The molecule has 4 aromatic carbocycles. The summed E-state index contributed by atoms with van der Waals surface area (Å²) < 4.78 is 61.9. The van der Waals surface area contributed by atoms with Crippen molar-refractivity contribution in [2.45, 2.75) is 26.2 Å². The third-order valence-electron chi connectivity index (χ3n) is 5.46. The maximum atomic E-state index is 14.6. The van der Waals surface area contributed by atoms with Gasteiger partial charge in [0, 0.05) is 28.6 Å². The monoisotopic (exact) mass is 462 g/mol. The Morgan fingerprint density at radius 2 is 1.38 bits per heavy atom. The third-order valence-corrected chi connectivity index (χ3v) is 5.46. The number of ether oxygens (including phenoxy) is 1. The van der Waals surface area contributed by atoms with E-state index in [1.807, 2.05) is 0 Å². The van der Waals surface area contributed by atoms with Crippen molar-refractivity contribution in [3.05, 3.63) is 101 Å². The van der Waals surface area contributed by atoms with E-state index in [2.05, 4.69) is 18.8 Å². The van der Waals surface area contributed by atoms with Gasteiger partial charge >= 0.3 is 0 Å². The number of benzene rings is 4.